The summed E-state index contributed by atoms with van der Waals surface area (Å²) in [6.45, 7) is 0. The van der Waals surface area contributed by atoms with Crippen molar-refractivity contribution in [3.63, 3.8) is 0 Å². The van der Waals surface area contributed by atoms with Gasteiger partial charge in [0.2, 0.25) is 5.91 Å². The Morgan fingerprint density at radius 3 is 2.53 bits per heavy atom. The van der Waals surface area contributed by atoms with Gasteiger partial charge >= 0.3 is 0 Å². The van der Waals surface area contributed by atoms with Gasteiger partial charge in [-0.05, 0) is 17.7 Å². The molecule has 0 aromatic heterocycles. The van der Waals surface area contributed by atoms with Crippen LogP contribution in [0.2, 0.25) is 10.0 Å². The summed E-state index contributed by atoms with van der Waals surface area (Å²) in [4.78, 5) is 21.6. The summed E-state index contributed by atoms with van der Waals surface area (Å²) < 4.78 is 0. The van der Waals surface area contributed by atoms with Crippen LogP contribution in [-0.4, -0.2) is 11.7 Å². The molecular formula is C10H8Cl2NO2. The van der Waals surface area contributed by atoms with E-state index in [1.54, 1.807) is 12.1 Å². The van der Waals surface area contributed by atoms with Crippen LogP contribution in [0.1, 0.15) is 5.56 Å². The topological polar surface area (TPSA) is 60.2 Å². The van der Waals surface area contributed by atoms with Crippen molar-refractivity contribution in [1.82, 2.24) is 0 Å². The molecule has 2 N–H and O–H groups in total. The zero-order valence-corrected chi connectivity index (χ0v) is 9.18. The van der Waals surface area contributed by atoms with Crippen LogP contribution in [0.5, 0.6) is 0 Å². The van der Waals surface area contributed by atoms with Gasteiger partial charge in [0.1, 0.15) is 6.42 Å². The number of ketones is 1. The van der Waals surface area contributed by atoms with Crippen LogP contribution in [-0.2, 0) is 16.0 Å². The first kappa shape index (κ1) is 12.0. The van der Waals surface area contributed by atoms with Crippen LogP contribution in [0.25, 0.3) is 0 Å². The van der Waals surface area contributed by atoms with Crippen molar-refractivity contribution in [2.45, 2.75) is 6.42 Å². The highest BCUT2D eigenvalue weighted by atomic mass is 35.5. The lowest BCUT2D eigenvalue weighted by molar-refractivity contribution is -0.121. The Balaban J connectivity index is 2.72. The number of carbonyl (C=O) groups is 2. The first-order valence-electron chi connectivity index (χ1n) is 4.10. The van der Waals surface area contributed by atoms with Gasteiger partial charge in [-0.1, -0.05) is 29.3 Å². The maximum Gasteiger partial charge on any atom is 0.229 e. The highest BCUT2D eigenvalue weighted by molar-refractivity contribution is 6.35. The van der Waals surface area contributed by atoms with Gasteiger partial charge in [-0.2, -0.15) is 0 Å². The number of rotatable bonds is 4. The Kier molecular flexibility index (Phi) is 4.12. The largest absolute Gasteiger partial charge is 0.369 e. The minimum Gasteiger partial charge on any atom is -0.369 e. The van der Waals surface area contributed by atoms with Crippen molar-refractivity contribution >= 4 is 34.9 Å². The van der Waals surface area contributed by atoms with E-state index in [0.717, 1.165) is 6.42 Å². The van der Waals surface area contributed by atoms with Crippen molar-refractivity contribution in [2.75, 3.05) is 0 Å². The highest BCUT2D eigenvalue weighted by Crippen LogP contribution is 2.21. The summed E-state index contributed by atoms with van der Waals surface area (Å²) >= 11 is 11.5. The van der Waals surface area contributed by atoms with Gasteiger partial charge in [0.05, 0.1) is 0 Å². The third-order valence-corrected chi connectivity index (χ3v) is 2.27. The van der Waals surface area contributed by atoms with E-state index in [1.807, 2.05) is 0 Å². The smallest absolute Gasteiger partial charge is 0.229 e. The SMILES string of the molecule is NC(=O)[CH]C(=O)Cc1ccc(Cl)cc1Cl. The van der Waals surface area contributed by atoms with Crippen molar-refractivity contribution in [2.24, 2.45) is 5.73 Å². The Bertz CT molecular complexity index is 404. The molecule has 0 aliphatic carbocycles. The molecule has 1 aromatic rings. The predicted octanol–water partition coefficient (Wildman–Crippen LogP) is 1.79. The third-order valence-electron chi connectivity index (χ3n) is 1.68. The van der Waals surface area contributed by atoms with Gasteiger partial charge < -0.3 is 5.73 Å². The van der Waals surface area contributed by atoms with Crippen LogP contribution in [0.4, 0.5) is 0 Å². The Morgan fingerprint density at radius 1 is 1.33 bits per heavy atom. The molecule has 1 amide bonds. The van der Waals surface area contributed by atoms with Crippen LogP contribution in [0.15, 0.2) is 18.2 Å². The number of nitrogens with two attached hydrogens (primary N) is 1. The molecule has 0 bridgehead atoms. The van der Waals surface area contributed by atoms with E-state index in [4.69, 9.17) is 28.9 Å². The average Bonchev–Trinajstić information content (AvgIpc) is 2.08. The highest BCUT2D eigenvalue weighted by Gasteiger charge is 2.10. The number of benzene rings is 1. The standard InChI is InChI=1S/C10H8Cl2NO2/c11-7-2-1-6(9(12)4-7)3-8(14)5-10(13)15/h1-2,4-5H,3H2,(H2,13,15). The molecule has 0 heterocycles. The molecular weight excluding hydrogens is 237 g/mol. The summed E-state index contributed by atoms with van der Waals surface area (Å²) in [6, 6.07) is 4.80. The minimum absolute atomic E-state index is 0.0406. The summed E-state index contributed by atoms with van der Waals surface area (Å²) in [7, 11) is 0. The van der Waals surface area contributed by atoms with Crippen molar-refractivity contribution in [3.05, 3.63) is 40.2 Å². The van der Waals surface area contributed by atoms with Crippen LogP contribution >= 0.6 is 23.2 Å². The molecule has 1 rings (SSSR count). The first-order valence-corrected chi connectivity index (χ1v) is 4.85. The lowest BCUT2D eigenvalue weighted by atomic mass is 10.1. The molecule has 1 aromatic carbocycles. The lowest BCUT2D eigenvalue weighted by Crippen LogP contribution is -2.18. The maximum absolute atomic E-state index is 11.2. The molecule has 0 saturated carbocycles. The second-order valence-corrected chi connectivity index (χ2v) is 3.77. The van der Waals surface area contributed by atoms with E-state index in [-0.39, 0.29) is 12.2 Å². The van der Waals surface area contributed by atoms with Crippen LogP contribution in [0, 0.1) is 6.42 Å². The predicted molar refractivity (Wildman–Crippen MR) is 58.7 cm³/mol. The number of amides is 1. The molecule has 0 spiro atoms. The van der Waals surface area contributed by atoms with Gasteiger partial charge in [0.15, 0.2) is 5.78 Å². The van der Waals surface area contributed by atoms with Gasteiger partial charge in [0, 0.05) is 16.5 Å². The molecule has 3 nitrogen and oxygen atoms in total. The summed E-state index contributed by atoms with van der Waals surface area (Å²) in [5.41, 5.74) is 5.45. The maximum atomic E-state index is 11.2. The monoisotopic (exact) mass is 244 g/mol. The molecule has 0 saturated heterocycles. The third kappa shape index (κ3) is 3.90. The quantitative estimate of drug-likeness (QED) is 0.822. The van der Waals surface area contributed by atoms with Crippen molar-refractivity contribution in [1.29, 1.82) is 0 Å². The van der Waals surface area contributed by atoms with Gasteiger partial charge in [-0.15, -0.1) is 0 Å². The lowest BCUT2D eigenvalue weighted by Gasteiger charge is -2.02. The molecule has 0 atom stereocenters. The van der Waals surface area contributed by atoms with E-state index in [9.17, 15) is 9.59 Å². The number of hydrogen-bond acceptors (Lipinski definition) is 2. The van der Waals surface area contributed by atoms with Gasteiger partial charge in [0.25, 0.3) is 0 Å². The number of halogens is 2. The second kappa shape index (κ2) is 5.14. The number of hydrogen-bond donors (Lipinski definition) is 1. The van der Waals surface area contributed by atoms with E-state index in [1.165, 1.54) is 6.07 Å². The number of Topliss-reactive ketones (excluding diaryl/α,β-unsaturated/α-hetero) is 1. The summed E-state index contributed by atoms with van der Waals surface area (Å²) in [6.07, 6.45) is 0.879. The van der Waals surface area contributed by atoms with Gasteiger partial charge in [-0.25, -0.2) is 0 Å². The zero-order chi connectivity index (χ0) is 11.4. The van der Waals surface area contributed by atoms with Crippen molar-refractivity contribution in [3.8, 4) is 0 Å². The molecule has 0 aliphatic rings. The van der Waals surface area contributed by atoms with E-state index < -0.39 is 5.91 Å². The number of carbonyl (C=O) groups excluding carboxylic acids is 2. The van der Waals surface area contributed by atoms with Crippen LogP contribution in [0.3, 0.4) is 0 Å². The summed E-state index contributed by atoms with van der Waals surface area (Å²) in [5.74, 6) is -1.14. The molecule has 0 aliphatic heterocycles. The van der Waals surface area contributed by atoms with Crippen molar-refractivity contribution < 1.29 is 9.59 Å². The first-order chi connectivity index (χ1) is 6.99. The fourth-order valence-corrected chi connectivity index (χ4v) is 1.54. The second-order valence-electron chi connectivity index (χ2n) is 2.93. The minimum atomic E-state index is -0.759. The molecule has 15 heavy (non-hydrogen) atoms. The van der Waals surface area contributed by atoms with E-state index in [0.29, 0.717) is 15.6 Å². The Labute approximate surface area is 97.2 Å². The van der Waals surface area contributed by atoms with Gasteiger partial charge in [-0.3, -0.25) is 9.59 Å². The molecule has 1 radical (unpaired) electrons. The zero-order valence-electron chi connectivity index (χ0n) is 7.67. The fraction of sp³-hybridized carbons (Fsp3) is 0.100. The molecule has 79 valence electrons. The Hall–Kier alpha value is -1.06. The molecule has 0 unspecified atom stereocenters. The average molecular weight is 245 g/mol. The Morgan fingerprint density at radius 2 is 2.00 bits per heavy atom. The van der Waals surface area contributed by atoms with E-state index >= 15 is 0 Å². The normalized spacial score (nSPS) is 10.0. The molecule has 0 fully saturated rings. The van der Waals surface area contributed by atoms with E-state index in [2.05, 4.69) is 0 Å². The fourth-order valence-electron chi connectivity index (χ4n) is 1.06. The molecule has 5 heteroatoms. The van der Waals surface area contributed by atoms with Crippen LogP contribution < -0.4 is 5.73 Å². The summed E-state index contributed by atoms with van der Waals surface area (Å²) in [5, 5.41) is 0.892. The number of primary amides is 1.